The van der Waals surface area contributed by atoms with Gasteiger partial charge in [0.25, 0.3) is 0 Å². The molecule has 0 heterocycles. The first-order valence-corrected chi connectivity index (χ1v) is 6.65. The number of hydrogen-bond acceptors (Lipinski definition) is 0. The van der Waals surface area contributed by atoms with Crippen LogP contribution in [0.4, 0.5) is 0 Å². The third-order valence-electron chi connectivity index (χ3n) is 1.27. The van der Waals surface area contributed by atoms with Crippen LogP contribution in [0.3, 0.4) is 0 Å². The van der Waals surface area contributed by atoms with E-state index in [0.717, 1.165) is 0 Å². The first-order valence-electron chi connectivity index (χ1n) is 3.29. The Labute approximate surface area is 82.0 Å². The van der Waals surface area contributed by atoms with Crippen molar-refractivity contribution in [2.75, 3.05) is 0 Å². The van der Waals surface area contributed by atoms with Crippen LogP contribution in [0, 0.1) is 0 Å². The van der Waals surface area contributed by atoms with E-state index in [4.69, 9.17) is 0 Å². The maximum atomic E-state index is 3.50. The SMILES string of the molecule is C[Se]/C(Br)=C/c1ccccc1. The molecule has 0 saturated carbocycles. The monoisotopic (exact) mass is 276 g/mol. The quantitative estimate of drug-likeness (QED) is 0.728. The van der Waals surface area contributed by atoms with Gasteiger partial charge in [-0.2, -0.15) is 0 Å². The molecule has 0 unspecified atom stereocenters. The van der Waals surface area contributed by atoms with Crippen molar-refractivity contribution in [2.45, 2.75) is 5.82 Å². The second kappa shape index (κ2) is 4.76. The molecule has 0 bridgehead atoms. The van der Waals surface area contributed by atoms with Crippen LogP contribution >= 0.6 is 15.9 Å². The molecule has 0 N–H and O–H groups in total. The molecule has 0 amide bonds. The predicted molar refractivity (Wildman–Crippen MR) is 55.0 cm³/mol. The van der Waals surface area contributed by atoms with Crippen LogP contribution in [0.1, 0.15) is 5.56 Å². The van der Waals surface area contributed by atoms with E-state index < -0.39 is 0 Å². The summed E-state index contributed by atoms with van der Waals surface area (Å²) in [7, 11) is 0. The molecule has 0 atom stereocenters. The molecule has 1 aromatic carbocycles. The molecule has 0 saturated heterocycles. The van der Waals surface area contributed by atoms with Gasteiger partial charge < -0.3 is 0 Å². The molecular formula is C9H9BrSe. The Hall–Kier alpha value is -0.0405. The van der Waals surface area contributed by atoms with E-state index in [9.17, 15) is 0 Å². The fourth-order valence-electron chi connectivity index (χ4n) is 0.739. The molecule has 0 fully saturated rings. The van der Waals surface area contributed by atoms with Crippen molar-refractivity contribution in [3.05, 3.63) is 39.3 Å². The summed E-state index contributed by atoms with van der Waals surface area (Å²) in [6.45, 7) is 0. The Morgan fingerprint density at radius 3 is 2.55 bits per heavy atom. The summed E-state index contributed by atoms with van der Waals surface area (Å²) >= 11 is 4.07. The second-order valence-corrected chi connectivity index (χ2v) is 5.88. The Balaban J connectivity index is 2.79. The second-order valence-electron chi connectivity index (χ2n) is 2.06. The normalized spacial score (nSPS) is 11.6. The average molecular weight is 276 g/mol. The molecule has 0 spiro atoms. The van der Waals surface area contributed by atoms with E-state index in [-0.39, 0.29) is 0 Å². The van der Waals surface area contributed by atoms with Crippen LogP contribution in [0.2, 0.25) is 5.82 Å². The fourth-order valence-corrected chi connectivity index (χ4v) is 1.54. The van der Waals surface area contributed by atoms with Gasteiger partial charge in [-0.3, -0.25) is 0 Å². The zero-order chi connectivity index (χ0) is 8.10. The number of halogens is 1. The molecular weight excluding hydrogens is 267 g/mol. The first kappa shape index (κ1) is 9.05. The van der Waals surface area contributed by atoms with E-state index in [0.29, 0.717) is 15.0 Å². The van der Waals surface area contributed by atoms with Crippen LogP contribution in [0.25, 0.3) is 6.08 Å². The van der Waals surface area contributed by atoms with Crippen LogP contribution in [0.15, 0.2) is 33.7 Å². The van der Waals surface area contributed by atoms with E-state index in [1.54, 1.807) is 0 Å². The van der Waals surface area contributed by atoms with E-state index in [2.05, 4.69) is 52.1 Å². The van der Waals surface area contributed by atoms with Crippen LogP contribution in [-0.4, -0.2) is 15.0 Å². The summed E-state index contributed by atoms with van der Waals surface area (Å²) in [6.07, 6.45) is 2.17. The van der Waals surface area contributed by atoms with Crippen molar-refractivity contribution in [1.29, 1.82) is 0 Å². The summed E-state index contributed by atoms with van der Waals surface area (Å²) in [5.41, 5.74) is 1.27. The number of hydrogen-bond donors (Lipinski definition) is 0. The Bertz CT molecular complexity index is 241. The predicted octanol–water partition coefficient (Wildman–Crippen LogP) is 3.13. The van der Waals surface area contributed by atoms with Gasteiger partial charge in [0.2, 0.25) is 0 Å². The summed E-state index contributed by atoms with van der Waals surface area (Å²) in [5, 5.41) is 0. The van der Waals surface area contributed by atoms with Gasteiger partial charge in [-0.05, 0) is 0 Å². The van der Waals surface area contributed by atoms with Gasteiger partial charge in [-0.15, -0.1) is 0 Å². The van der Waals surface area contributed by atoms with E-state index in [1.807, 2.05) is 6.07 Å². The molecule has 0 aromatic heterocycles. The van der Waals surface area contributed by atoms with Crippen molar-refractivity contribution >= 4 is 37.0 Å². The Morgan fingerprint density at radius 2 is 2.00 bits per heavy atom. The Kier molecular flexibility index (Phi) is 3.92. The van der Waals surface area contributed by atoms with Crippen LogP contribution < -0.4 is 0 Å². The summed E-state index contributed by atoms with van der Waals surface area (Å²) in [4.78, 5) is 0. The van der Waals surface area contributed by atoms with Crippen LogP contribution in [-0.2, 0) is 0 Å². The van der Waals surface area contributed by atoms with Crippen molar-refractivity contribution in [1.82, 2.24) is 0 Å². The van der Waals surface area contributed by atoms with Gasteiger partial charge in [0.05, 0.1) is 0 Å². The van der Waals surface area contributed by atoms with E-state index >= 15 is 0 Å². The molecule has 2 heteroatoms. The molecule has 11 heavy (non-hydrogen) atoms. The molecule has 1 aromatic rings. The van der Waals surface area contributed by atoms with Gasteiger partial charge in [0.1, 0.15) is 0 Å². The minimum absolute atomic E-state index is 0.565. The molecule has 1 rings (SSSR count). The standard InChI is InChI=1S/C9H9BrSe/c1-11-9(10)7-8-5-3-2-4-6-8/h2-7H,1H3/b9-7+. The summed E-state index contributed by atoms with van der Waals surface area (Å²) in [6, 6.07) is 10.3. The minimum atomic E-state index is 0.565. The summed E-state index contributed by atoms with van der Waals surface area (Å²) < 4.78 is 1.30. The average Bonchev–Trinajstić information content (AvgIpc) is 2.06. The molecule has 0 nitrogen and oxygen atoms in total. The van der Waals surface area contributed by atoms with Crippen molar-refractivity contribution in [3.63, 3.8) is 0 Å². The summed E-state index contributed by atoms with van der Waals surface area (Å²) in [5.74, 6) is 2.19. The zero-order valence-corrected chi connectivity index (χ0v) is 9.55. The fraction of sp³-hybridized carbons (Fsp3) is 0.111. The molecule has 0 radical (unpaired) electrons. The van der Waals surface area contributed by atoms with Gasteiger partial charge in [0, 0.05) is 0 Å². The zero-order valence-electron chi connectivity index (χ0n) is 6.25. The third kappa shape index (κ3) is 3.24. The maximum absolute atomic E-state index is 3.50. The van der Waals surface area contributed by atoms with E-state index in [1.165, 1.54) is 8.94 Å². The molecule has 0 aliphatic carbocycles. The van der Waals surface area contributed by atoms with Gasteiger partial charge in [0.15, 0.2) is 0 Å². The van der Waals surface area contributed by atoms with Crippen LogP contribution in [0.5, 0.6) is 0 Å². The molecule has 0 aliphatic rings. The van der Waals surface area contributed by atoms with Gasteiger partial charge >= 0.3 is 82.1 Å². The van der Waals surface area contributed by atoms with Crippen molar-refractivity contribution in [2.24, 2.45) is 0 Å². The topological polar surface area (TPSA) is 0 Å². The first-order chi connectivity index (χ1) is 5.33. The van der Waals surface area contributed by atoms with Crippen molar-refractivity contribution in [3.8, 4) is 0 Å². The molecule has 58 valence electrons. The number of benzene rings is 1. The number of rotatable bonds is 2. The van der Waals surface area contributed by atoms with Crippen molar-refractivity contribution < 1.29 is 0 Å². The Morgan fingerprint density at radius 1 is 1.36 bits per heavy atom. The van der Waals surface area contributed by atoms with Gasteiger partial charge in [-0.1, -0.05) is 0 Å². The van der Waals surface area contributed by atoms with Gasteiger partial charge in [-0.25, -0.2) is 0 Å². The third-order valence-corrected chi connectivity index (χ3v) is 4.25. The molecule has 0 aliphatic heterocycles.